The van der Waals surface area contributed by atoms with Gasteiger partial charge in [0.1, 0.15) is 9.75 Å². The number of hydrogen-bond acceptors (Lipinski definition) is 8. The van der Waals surface area contributed by atoms with Crippen molar-refractivity contribution in [3.8, 4) is 10.6 Å². The Morgan fingerprint density at radius 3 is 2.58 bits per heavy atom. The fraction of sp³-hybridized carbons (Fsp3) is 0.136. The van der Waals surface area contributed by atoms with Gasteiger partial charge in [0.15, 0.2) is 0 Å². The lowest BCUT2D eigenvalue weighted by atomic mass is 10.1. The van der Waals surface area contributed by atoms with Crippen LogP contribution in [0.25, 0.3) is 33.6 Å². The molecule has 9 heteroatoms. The van der Waals surface area contributed by atoms with Crippen molar-refractivity contribution in [3.63, 3.8) is 0 Å². The molecule has 0 amide bonds. The molecule has 0 radical (unpaired) electrons. The number of rotatable bonds is 5. The van der Waals surface area contributed by atoms with Crippen LogP contribution in [0.3, 0.4) is 0 Å². The van der Waals surface area contributed by atoms with Gasteiger partial charge in [0.2, 0.25) is 0 Å². The highest BCUT2D eigenvalue weighted by atomic mass is 32.1. The number of hydrogen-bond donors (Lipinski definition) is 0. The lowest BCUT2D eigenvalue weighted by molar-refractivity contribution is -0.384. The van der Waals surface area contributed by atoms with E-state index >= 15 is 0 Å². The maximum Gasteiger partial charge on any atom is 0.348 e. The number of esters is 1. The Labute approximate surface area is 185 Å². The van der Waals surface area contributed by atoms with Crippen LogP contribution in [0.5, 0.6) is 0 Å². The van der Waals surface area contributed by atoms with Gasteiger partial charge < -0.3 is 4.74 Å². The predicted octanol–water partition coefficient (Wildman–Crippen LogP) is 5.90. The van der Waals surface area contributed by atoms with E-state index in [1.54, 1.807) is 23.5 Å². The van der Waals surface area contributed by atoms with Gasteiger partial charge in [-0.1, -0.05) is 18.2 Å². The first-order valence-electron chi connectivity index (χ1n) is 9.25. The number of aryl methyl sites for hydroxylation is 2. The van der Waals surface area contributed by atoms with Gasteiger partial charge >= 0.3 is 5.97 Å². The molecular weight excluding hydrogens is 434 g/mol. The van der Waals surface area contributed by atoms with E-state index in [2.05, 4.69) is 9.72 Å². The van der Waals surface area contributed by atoms with Crippen LogP contribution in [0.1, 0.15) is 30.8 Å². The van der Waals surface area contributed by atoms with Gasteiger partial charge in [-0.15, -0.1) is 22.7 Å². The smallest absolute Gasteiger partial charge is 0.348 e. The first-order valence-corrected chi connectivity index (χ1v) is 10.9. The first-order chi connectivity index (χ1) is 14.9. The van der Waals surface area contributed by atoms with Crippen LogP contribution < -0.4 is 0 Å². The van der Waals surface area contributed by atoms with Crippen molar-refractivity contribution in [2.45, 2.75) is 13.8 Å². The van der Waals surface area contributed by atoms with Crippen molar-refractivity contribution in [3.05, 3.63) is 72.5 Å². The zero-order valence-corrected chi connectivity index (χ0v) is 18.5. The molecule has 0 fully saturated rings. The molecule has 0 bridgehead atoms. The molecule has 0 atom stereocenters. The Morgan fingerprint density at radius 2 is 1.90 bits per heavy atom. The highest BCUT2D eigenvalue weighted by molar-refractivity contribution is 7.15. The summed E-state index contributed by atoms with van der Waals surface area (Å²) in [5.74, 6) is -0.591. The average molecular weight is 452 g/mol. The summed E-state index contributed by atoms with van der Waals surface area (Å²) in [5.41, 5.74) is 3.47. The second-order valence-corrected chi connectivity index (χ2v) is 9.03. The second-order valence-electron chi connectivity index (χ2n) is 6.74. The number of thiazole rings is 1. The van der Waals surface area contributed by atoms with Crippen molar-refractivity contribution in [1.29, 1.82) is 0 Å². The number of carbonyl (C=O) groups excluding carboxylic acids is 1. The van der Waals surface area contributed by atoms with Gasteiger partial charge in [-0.25, -0.2) is 14.8 Å². The minimum Gasteiger partial charge on any atom is -0.465 e. The number of thiophene rings is 1. The third-order valence-electron chi connectivity index (χ3n) is 4.60. The Hall–Kier alpha value is -3.43. The molecule has 0 spiro atoms. The van der Waals surface area contributed by atoms with Crippen LogP contribution in [0.2, 0.25) is 0 Å². The number of carbonyl (C=O) groups is 1. The van der Waals surface area contributed by atoms with Gasteiger partial charge in [0.05, 0.1) is 38.8 Å². The summed E-state index contributed by atoms with van der Waals surface area (Å²) in [7, 11) is 1.25. The third kappa shape index (κ3) is 4.23. The Bertz CT molecular complexity index is 1350. The molecule has 1 aromatic carbocycles. The van der Waals surface area contributed by atoms with Crippen LogP contribution in [-0.2, 0) is 4.74 Å². The highest BCUT2D eigenvalue weighted by Gasteiger charge is 2.21. The zero-order chi connectivity index (χ0) is 22.1. The Balaban J connectivity index is 1.65. The summed E-state index contributed by atoms with van der Waals surface area (Å²) in [4.78, 5) is 33.4. The second kappa shape index (κ2) is 8.37. The normalized spacial score (nSPS) is 11.3. The van der Waals surface area contributed by atoms with Gasteiger partial charge in [0, 0.05) is 11.5 Å². The molecule has 0 saturated carbocycles. The van der Waals surface area contributed by atoms with Crippen molar-refractivity contribution in [2.24, 2.45) is 0 Å². The molecule has 0 aliphatic rings. The molecule has 0 unspecified atom stereocenters. The molecule has 31 heavy (non-hydrogen) atoms. The molecule has 156 valence electrons. The van der Waals surface area contributed by atoms with Crippen LogP contribution in [0.4, 0.5) is 5.69 Å². The number of nitro groups is 1. The van der Waals surface area contributed by atoms with E-state index in [4.69, 9.17) is 4.98 Å². The topological polar surface area (TPSA) is 95.2 Å². The SMILES string of the molecule is COC(=O)c1cc([N+](=O)[O-])c(/C=C/c2ccc3nc(-c4sc(C)nc4C)ccc3c2)s1. The zero-order valence-electron chi connectivity index (χ0n) is 16.9. The summed E-state index contributed by atoms with van der Waals surface area (Å²) in [6.07, 6.45) is 3.42. The minimum atomic E-state index is -0.591. The van der Waals surface area contributed by atoms with E-state index in [9.17, 15) is 14.9 Å². The standard InChI is InChI=1S/C22H17N3O4S2/c1-12-21(30-13(2)23-12)17-8-6-15-10-14(4-7-16(15)24-17)5-9-19-18(25(27)28)11-20(31-19)22(26)29-3/h4-11H,1-3H3/b9-5+. The van der Waals surface area contributed by atoms with E-state index < -0.39 is 10.9 Å². The Morgan fingerprint density at radius 1 is 1.10 bits per heavy atom. The molecule has 3 heterocycles. The van der Waals surface area contributed by atoms with E-state index in [0.717, 1.165) is 49.1 Å². The van der Waals surface area contributed by atoms with Crippen molar-refractivity contribution >= 4 is 57.4 Å². The number of aromatic nitrogens is 2. The third-order valence-corrected chi connectivity index (χ3v) is 6.76. The van der Waals surface area contributed by atoms with Crippen LogP contribution >= 0.6 is 22.7 Å². The van der Waals surface area contributed by atoms with Crippen molar-refractivity contribution in [1.82, 2.24) is 9.97 Å². The quantitative estimate of drug-likeness (QED) is 0.213. The maximum absolute atomic E-state index is 11.7. The van der Waals surface area contributed by atoms with Crippen LogP contribution in [0, 0.1) is 24.0 Å². The molecule has 0 N–H and O–H groups in total. The lowest BCUT2D eigenvalue weighted by Gasteiger charge is -2.03. The summed E-state index contributed by atoms with van der Waals surface area (Å²) in [6, 6.07) is 11.0. The maximum atomic E-state index is 11.7. The number of nitrogens with zero attached hydrogens (tertiary/aromatic N) is 3. The van der Waals surface area contributed by atoms with E-state index in [1.165, 1.54) is 13.2 Å². The van der Waals surface area contributed by atoms with Crippen LogP contribution in [0.15, 0.2) is 36.4 Å². The molecule has 0 saturated heterocycles. The molecule has 7 nitrogen and oxygen atoms in total. The molecule has 4 aromatic rings. The lowest BCUT2D eigenvalue weighted by Crippen LogP contribution is -1.97. The molecule has 3 aromatic heterocycles. The van der Waals surface area contributed by atoms with Crippen LogP contribution in [-0.4, -0.2) is 28.0 Å². The van der Waals surface area contributed by atoms with Gasteiger partial charge in [-0.05, 0) is 43.7 Å². The number of methoxy groups -OCH3 is 1. The van der Waals surface area contributed by atoms with E-state index in [-0.39, 0.29) is 10.6 Å². The molecular formula is C22H17N3O4S2. The summed E-state index contributed by atoms with van der Waals surface area (Å²) in [5, 5.41) is 13.3. The highest BCUT2D eigenvalue weighted by Crippen LogP contribution is 2.32. The minimum absolute atomic E-state index is 0.121. The van der Waals surface area contributed by atoms with Gasteiger partial charge in [-0.2, -0.15) is 0 Å². The molecule has 0 aliphatic heterocycles. The summed E-state index contributed by atoms with van der Waals surface area (Å²) >= 11 is 2.65. The Kier molecular flexibility index (Phi) is 5.62. The number of pyridine rings is 1. The number of fused-ring (bicyclic) bond motifs is 1. The van der Waals surface area contributed by atoms with Crippen molar-refractivity contribution in [2.75, 3.05) is 7.11 Å². The fourth-order valence-corrected chi connectivity index (χ4v) is 5.01. The van der Waals surface area contributed by atoms with E-state index in [1.807, 2.05) is 44.2 Å². The number of benzene rings is 1. The molecule has 0 aliphatic carbocycles. The first kappa shape index (κ1) is 20.8. The average Bonchev–Trinajstić information content (AvgIpc) is 3.34. The summed E-state index contributed by atoms with van der Waals surface area (Å²) in [6.45, 7) is 3.96. The molecule has 4 rings (SSSR count). The largest absolute Gasteiger partial charge is 0.465 e. The van der Waals surface area contributed by atoms with Crippen molar-refractivity contribution < 1.29 is 14.5 Å². The van der Waals surface area contributed by atoms with E-state index in [0.29, 0.717) is 4.88 Å². The van der Waals surface area contributed by atoms with Gasteiger partial charge in [-0.3, -0.25) is 10.1 Å². The fourth-order valence-electron chi connectivity index (χ4n) is 3.17. The predicted molar refractivity (Wildman–Crippen MR) is 124 cm³/mol. The number of ether oxygens (including phenoxy) is 1. The van der Waals surface area contributed by atoms with Gasteiger partial charge in [0.25, 0.3) is 5.69 Å². The summed E-state index contributed by atoms with van der Waals surface area (Å²) < 4.78 is 4.66. The monoisotopic (exact) mass is 451 g/mol.